The number of rotatable bonds is 11. The van der Waals surface area contributed by atoms with Crippen molar-refractivity contribution in [2.45, 2.75) is 78.2 Å². The first-order chi connectivity index (χ1) is 16.5. The summed E-state index contributed by atoms with van der Waals surface area (Å²) in [6, 6.07) is 17.0. The van der Waals surface area contributed by atoms with E-state index in [1.165, 1.54) is 0 Å². The molecular weight excluding hydrogens is 444 g/mol. The minimum absolute atomic E-state index is 0.105. The lowest BCUT2D eigenvalue weighted by Gasteiger charge is -2.25. The molecule has 7 nitrogen and oxygen atoms in total. The molecule has 2 amide bonds. The zero-order chi connectivity index (χ0) is 25.8. The number of alkyl carbamates (subject to hydrolysis) is 1. The molecule has 35 heavy (non-hydrogen) atoms. The van der Waals surface area contributed by atoms with Crippen LogP contribution in [-0.2, 0) is 32.1 Å². The van der Waals surface area contributed by atoms with Gasteiger partial charge in [-0.3, -0.25) is 4.79 Å². The first kappa shape index (κ1) is 27.9. The van der Waals surface area contributed by atoms with Gasteiger partial charge in [0.25, 0.3) is 0 Å². The Morgan fingerprint density at radius 3 is 1.91 bits per heavy atom. The molecule has 0 unspecified atom stereocenters. The number of nitrogens with one attached hydrogen (secondary N) is 2. The molecule has 0 bridgehead atoms. The quantitative estimate of drug-likeness (QED) is 0.449. The van der Waals surface area contributed by atoms with E-state index in [9.17, 15) is 14.4 Å². The second-order valence-corrected chi connectivity index (χ2v) is 10.0. The molecule has 0 radical (unpaired) electrons. The van der Waals surface area contributed by atoms with Crippen LogP contribution in [-0.4, -0.2) is 35.7 Å². The van der Waals surface area contributed by atoms with E-state index in [1.54, 1.807) is 20.8 Å². The van der Waals surface area contributed by atoms with Gasteiger partial charge in [0.2, 0.25) is 5.91 Å². The highest BCUT2D eigenvalue weighted by Crippen LogP contribution is 2.12. The summed E-state index contributed by atoms with van der Waals surface area (Å²) in [5, 5.41) is 5.48. The topological polar surface area (TPSA) is 93.7 Å². The van der Waals surface area contributed by atoms with E-state index in [0.717, 1.165) is 17.5 Å². The normalized spacial score (nSPS) is 13.0. The summed E-state index contributed by atoms with van der Waals surface area (Å²) in [5.41, 5.74) is 1.04. The third kappa shape index (κ3) is 11.1. The van der Waals surface area contributed by atoms with Gasteiger partial charge >= 0.3 is 12.1 Å². The number of carbonyl (C=O) groups is 3. The van der Waals surface area contributed by atoms with Crippen molar-refractivity contribution in [3.63, 3.8) is 0 Å². The third-order valence-corrected chi connectivity index (χ3v) is 5.15. The Morgan fingerprint density at radius 2 is 1.37 bits per heavy atom. The van der Waals surface area contributed by atoms with Crippen LogP contribution in [0.1, 0.15) is 58.6 Å². The number of amides is 2. The molecule has 0 aromatic heterocycles. The summed E-state index contributed by atoms with van der Waals surface area (Å²) >= 11 is 0. The van der Waals surface area contributed by atoms with E-state index >= 15 is 0 Å². The van der Waals surface area contributed by atoms with Crippen molar-refractivity contribution < 1.29 is 23.9 Å². The predicted octanol–water partition coefficient (Wildman–Crippen LogP) is 4.79. The van der Waals surface area contributed by atoms with E-state index in [-0.39, 0.29) is 13.0 Å². The van der Waals surface area contributed by atoms with Gasteiger partial charge < -0.3 is 20.1 Å². The van der Waals surface area contributed by atoms with Crippen LogP contribution >= 0.6 is 0 Å². The van der Waals surface area contributed by atoms with E-state index in [2.05, 4.69) is 10.6 Å². The number of benzene rings is 2. The van der Waals surface area contributed by atoms with Crippen LogP contribution in [0.3, 0.4) is 0 Å². The molecule has 2 aromatic carbocycles. The first-order valence-electron chi connectivity index (χ1n) is 12.1. The molecule has 0 aliphatic heterocycles. The largest absolute Gasteiger partial charge is 0.459 e. The van der Waals surface area contributed by atoms with E-state index in [1.807, 2.05) is 74.5 Å². The molecule has 0 aliphatic rings. The molecule has 0 saturated heterocycles. The molecule has 7 heteroatoms. The van der Waals surface area contributed by atoms with Crippen LogP contribution in [0.15, 0.2) is 60.7 Å². The average molecular weight is 483 g/mol. The average Bonchev–Trinajstić information content (AvgIpc) is 2.79. The Labute approximate surface area is 208 Å². The highest BCUT2D eigenvalue weighted by molar-refractivity contribution is 5.89. The van der Waals surface area contributed by atoms with E-state index in [0.29, 0.717) is 12.3 Å². The molecule has 0 aliphatic carbocycles. The monoisotopic (exact) mass is 482 g/mol. The second-order valence-electron chi connectivity index (χ2n) is 10.0. The Hall–Kier alpha value is -3.35. The first-order valence-corrected chi connectivity index (χ1v) is 12.1. The highest BCUT2D eigenvalue weighted by atomic mass is 16.6. The smallest absolute Gasteiger partial charge is 0.408 e. The van der Waals surface area contributed by atoms with E-state index in [4.69, 9.17) is 9.47 Å². The Kier molecular flexibility index (Phi) is 10.8. The Morgan fingerprint density at radius 1 is 0.800 bits per heavy atom. The fourth-order valence-corrected chi connectivity index (χ4v) is 3.36. The second kappa shape index (κ2) is 13.5. The molecular formula is C28H38N2O5. The van der Waals surface area contributed by atoms with Gasteiger partial charge in [0.15, 0.2) is 0 Å². The maximum absolute atomic E-state index is 13.2. The van der Waals surface area contributed by atoms with Crippen LogP contribution in [0.2, 0.25) is 0 Å². The lowest BCUT2D eigenvalue weighted by Crippen LogP contribution is -2.53. The molecule has 2 atom stereocenters. The van der Waals surface area contributed by atoms with Crippen LogP contribution in [0, 0.1) is 5.92 Å². The number of ether oxygens (including phenoxy) is 2. The van der Waals surface area contributed by atoms with Gasteiger partial charge in [-0.1, -0.05) is 74.5 Å². The lowest BCUT2D eigenvalue weighted by molar-refractivity contribution is -0.149. The van der Waals surface area contributed by atoms with Crippen molar-refractivity contribution >= 4 is 18.0 Å². The Bertz CT molecular complexity index is 939. The van der Waals surface area contributed by atoms with Crippen molar-refractivity contribution in [1.29, 1.82) is 0 Å². The van der Waals surface area contributed by atoms with Gasteiger partial charge in [0, 0.05) is 6.42 Å². The van der Waals surface area contributed by atoms with E-state index < -0.39 is 35.7 Å². The molecule has 0 heterocycles. The highest BCUT2D eigenvalue weighted by Gasteiger charge is 2.29. The van der Waals surface area contributed by atoms with Crippen molar-refractivity contribution in [2.24, 2.45) is 5.92 Å². The van der Waals surface area contributed by atoms with Crippen LogP contribution in [0.4, 0.5) is 4.79 Å². The number of hydrogen-bond acceptors (Lipinski definition) is 5. The maximum atomic E-state index is 13.2. The molecule has 2 N–H and O–H groups in total. The summed E-state index contributed by atoms with van der Waals surface area (Å²) in [4.78, 5) is 38.6. The van der Waals surface area contributed by atoms with Crippen LogP contribution < -0.4 is 10.6 Å². The summed E-state index contributed by atoms with van der Waals surface area (Å²) in [6.45, 7) is 9.47. The van der Waals surface area contributed by atoms with Gasteiger partial charge in [-0.2, -0.15) is 0 Å². The molecule has 2 aromatic rings. The third-order valence-electron chi connectivity index (χ3n) is 5.15. The summed E-state index contributed by atoms with van der Waals surface area (Å²) in [7, 11) is 0. The predicted molar refractivity (Wildman–Crippen MR) is 136 cm³/mol. The number of carbonyl (C=O) groups excluding carboxylic acids is 3. The minimum Gasteiger partial charge on any atom is -0.459 e. The maximum Gasteiger partial charge on any atom is 0.408 e. The van der Waals surface area contributed by atoms with Gasteiger partial charge in [0.1, 0.15) is 24.3 Å². The van der Waals surface area contributed by atoms with Gasteiger partial charge in [0.05, 0.1) is 0 Å². The number of hydrogen-bond donors (Lipinski definition) is 2. The van der Waals surface area contributed by atoms with Gasteiger partial charge in [-0.15, -0.1) is 0 Å². The minimum atomic E-state index is -0.907. The number of esters is 1. The van der Waals surface area contributed by atoms with Crippen molar-refractivity contribution in [2.75, 3.05) is 0 Å². The summed E-state index contributed by atoms with van der Waals surface area (Å²) < 4.78 is 10.9. The van der Waals surface area contributed by atoms with Crippen molar-refractivity contribution in [1.82, 2.24) is 10.6 Å². The van der Waals surface area contributed by atoms with Gasteiger partial charge in [-0.05, 0) is 50.7 Å². The molecule has 190 valence electrons. The molecule has 2 rings (SSSR count). The molecule has 0 saturated carbocycles. The van der Waals surface area contributed by atoms with Crippen LogP contribution in [0.25, 0.3) is 0 Å². The lowest BCUT2D eigenvalue weighted by atomic mass is 10.0. The fourth-order valence-electron chi connectivity index (χ4n) is 3.36. The van der Waals surface area contributed by atoms with Crippen LogP contribution in [0.5, 0.6) is 0 Å². The zero-order valence-corrected chi connectivity index (χ0v) is 21.4. The Balaban J connectivity index is 2.14. The molecule has 0 spiro atoms. The fraction of sp³-hybridized carbons (Fsp3) is 0.464. The zero-order valence-electron chi connectivity index (χ0n) is 21.4. The SMILES string of the molecule is CC(C)CC[C@H](NC(=O)OC(C)(C)C)C(=O)N[C@@H](Cc1ccccc1)C(=O)OCc1ccccc1. The molecule has 0 fully saturated rings. The van der Waals surface area contributed by atoms with Gasteiger partial charge in [-0.25, -0.2) is 9.59 Å². The summed E-state index contributed by atoms with van der Waals surface area (Å²) in [5.74, 6) is -0.651. The van der Waals surface area contributed by atoms with Crippen molar-refractivity contribution in [3.8, 4) is 0 Å². The standard InChI is InChI=1S/C28H38N2O5/c1-20(2)16-17-23(30-27(33)35-28(3,4)5)25(31)29-24(18-21-12-8-6-9-13-21)26(32)34-19-22-14-10-7-11-15-22/h6-15,20,23-24H,16-19H2,1-5H3,(H,29,31)(H,30,33)/t23-,24-/m0/s1. The summed E-state index contributed by atoms with van der Waals surface area (Å²) in [6.07, 6.45) is 0.728. The van der Waals surface area contributed by atoms with Crippen molar-refractivity contribution in [3.05, 3.63) is 71.8 Å².